The molecule has 8 nitrogen and oxygen atoms in total. The first-order chi connectivity index (χ1) is 36.0. The van der Waals surface area contributed by atoms with Gasteiger partial charge in [-0.2, -0.15) is 10.5 Å². The Hall–Kier alpha value is -10.6. The molecule has 0 N–H and O–H groups in total. The van der Waals surface area contributed by atoms with E-state index in [1.165, 1.54) is 0 Å². The second-order valence-corrected chi connectivity index (χ2v) is 17.6. The zero-order valence-electron chi connectivity index (χ0n) is 39.0. The second-order valence-electron chi connectivity index (χ2n) is 17.6. The van der Waals surface area contributed by atoms with Gasteiger partial charge in [-0.25, -0.2) is 24.8 Å². The standard InChI is InChI=1S/C65H38N8/c1-68-52-30-26-45(27-31-52)51-29-33-62-54(37-51)53-36-50(44-24-22-42(40-66)23-25-44)28-32-61(53)73(62)63-55(60-39-59(48-18-10-4-11-19-48)69-64(72-60)49-20-12-5-13-21-49)34-43(41-67)35-56(63)65-70-57(46-14-6-2-7-15-46)38-58(71-65)47-16-8-3-9-17-47/h2-39H. The summed E-state index contributed by atoms with van der Waals surface area (Å²) < 4.78 is 2.26. The van der Waals surface area contributed by atoms with Crippen LogP contribution in [0.1, 0.15) is 11.1 Å². The fourth-order valence-electron chi connectivity index (χ4n) is 9.53. The van der Waals surface area contributed by atoms with Crippen LogP contribution in [-0.2, 0) is 0 Å². The van der Waals surface area contributed by atoms with Gasteiger partial charge in [-0.05, 0) is 82.9 Å². The second kappa shape index (κ2) is 18.7. The van der Waals surface area contributed by atoms with Crippen molar-refractivity contribution in [3.63, 3.8) is 0 Å². The normalized spacial score (nSPS) is 11.0. The number of rotatable bonds is 9. The molecule has 0 aliphatic carbocycles. The molecule has 0 fully saturated rings. The summed E-state index contributed by atoms with van der Waals surface area (Å²) in [6, 6.07) is 80.9. The molecule has 0 aliphatic rings. The molecule has 0 amide bonds. The first kappa shape index (κ1) is 43.7. The van der Waals surface area contributed by atoms with Crippen molar-refractivity contribution in [2.75, 3.05) is 0 Å². The summed E-state index contributed by atoms with van der Waals surface area (Å²) >= 11 is 0. The van der Waals surface area contributed by atoms with Crippen LogP contribution >= 0.6 is 0 Å². The van der Waals surface area contributed by atoms with Crippen LogP contribution in [0.3, 0.4) is 0 Å². The van der Waals surface area contributed by atoms with E-state index in [0.717, 1.165) is 89.1 Å². The Kier molecular flexibility index (Phi) is 11.2. The maximum absolute atomic E-state index is 11.1. The van der Waals surface area contributed by atoms with Gasteiger partial charge in [-0.15, -0.1) is 0 Å². The van der Waals surface area contributed by atoms with Crippen LogP contribution in [0.5, 0.6) is 0 Å². The summed E-state index contributed by atoms with van der Waals surface area (Å²) in [5.41, 5.74) is 15.6. The Morgan fingerprint density at radius 1 is 0.356 bits per heavy atom. The van der Waals surface area contributed by atoms with E-state index in [-0.39, 0.29) is 0 Å². The summed E-state index contributed by atoms with van der Waals surface area (Å²) in [5.74, 6) is 0.957. The zero-order valence-corrected chi connectivity index (χ0v) is 39.0. The van der Waals surface area contributed by atoms with Crippen LogP contribution < -0.4 is 0 Å². The van der Waals surface area contributed by atoms with Gasteiger partial charge in [0.2, 0.25) is 0 Å². The number of hydrogen-bond donors (Lipinski definition) is 0. The molecule has 3 aromatic heterocycles. The van der Waals surface area contributed by atoms with Crippen molar-refractivity contribution >= 4 is 27.5 Å². The number of nitrogens with zero attached hydrogens (tertiary/aromatic N) is 8. The van der Waals surface area contributed by atoms with Gasteiger partial charge >= 0.3 is 0 Å². The molecule has 8 heteroatoms. The van der Waals surface area contributed by atoms with Gasteiger partial charge in [0.15, 0.2) is 17.3 Å². The van der Waals surface area contributed by atoms with E-state index in [4.69, 9.17) is 26.5 Å². The number of aromatic nitrogens is 5. The van der Waals surface area contributed by atoms with Gasteiger partial charge in [0.05, 0.1) is 69.3 Å². The van der Waals surface area contributed by atoms with Crippen LogP contribution in [0.4, 0.5) is 5.69 Å². The Bertz CT molecular complexity index is 3810. The number of benzene rings is 9. The summed E-state index contributed by atoms with van der Waals surface area (Å²) in [6.07, 6.45) is 0. The van der Waals surface area contributed by atoms with E-state index in [1.807, 2.05) is 194 Å². The highest BCUT2D eigenvalue weighted by Gasteiger charge is 2.26. The third-order valence-corrected chi connectivity index (χ3v) is 13.1. The van der Waals surface area contributed by atoms with Crippen LogP contribution in [0.15, 0.2) is 231 Å². The monoisotopic (exact) mass is 930 g/mol. The van der Waals surface area contributed by atoms with Crippen molar-refractivity contribution < 1.29 is 0 Å². The van der Waals surface area contributed by atoms with Gasteiger partial charge in [-0.1, -0.05) is 170 Å². The number of hydrogen-bond acceptors (Lipinski definition) is 6. The molecule has 0 atom stereocenters. The molecule has 9 aromatic carbocycles. The molecule has 3 heterocycles. The van der Waals surface area contributed by atoms with Crippen molar-refractivity contribution in [1.82, 2.24) is 24.5 Å². The fraction of sp³-hybridized carbons (Fsp3) is 0. The first-order valence-electron chi connectivity index (χ1n) is 23.7. The fourth-order valence-corrected chi connectivity index (χ4v) is 9.53. The molecule has 0 spiro atoms. The average Bonchev–Trinajstić information content (AvgIpc) is 3.80. The lowest BCUT2D eigenvalue weighted by molar-refractivity contribution is 1.13. The minimum atomic E-state index is 0.402. The lowest BCUT2D eigenvalue weighted by Gasteiger charge is -2.20. The molecule has 338 valence electrons. The lowest BCUT2D eigenvalue weighted by Crippen LogP contribution is -2.06. The molecule has 73 heavy (non-hydrogen) atoms. The predicted molar refractivity (Wildman–Crippen MR) is 291 cm³/mol. The maximum atomic E-state index is 11.1. The van der Waals surface area contributed by atoms with E-state index < -0.39 is 0 Å². The van der Waals surface area contributed by atoms with Crippen LogP contribution in [0, 0.1) is 29.2 Å². The van der Waals surface area contributed by atoms with E-state index in [2.05, 4.69) is 57.9 Å². The molecule has 0 saturated heterocycles. The molecular formula is C65H38N8. The minimum absolute atomic E-state index is 0.402. The summed E-state index contributed by atoms with van der Waals surface area (Å²) in [5, 5.41) is 22.7. The van der Waals surface area contributed by atoms with Gasteiger partial charge in [-0.3, -0.25) is 0 Å². The largest absolute Gasteiger partial charge is 0.308 e. The SMILES string of the molecule is [C-]#[N+]c1ccc(-c2ccc3c(c2)c2cc(-c4ccc(C#N)cc4)ccc2n3-c2c(-c3cc(-c4ccccc4)nc(-c4ccccc4)n3)cc(C#N)cc2-c2nc(-c3ccccc3)cc(-c3ccccc3)n2)cc1. The number of nitriles is 2. The molecular weight excluding hydrogens is 893 g/mol. The van der Waals surface area contributed by atoms with Crippen molar-refractivity contribution in [2.45, 2.75) is 0 Å². The first-order valence-corrected chi connectivity index (χ1v) is 23.7. The Labute approximate surface area is 421 Å². The average molecular weight is 931 g/mol. The van der Waals surface area contributed by atoms with E-state index in [0.29, 0.717) is 45.3 Å². The van der Waals surface area contributed by atoms with Crippen molar-refractivity contribution in [3.8, 4) is 108 Å². The van der Waals surface area contributed by atoms with Crippen LogP contribution in [0.25, 0.3) is 122 Å². The van der Waals surface area contributed by atoms with E-state index in [1.54, 1.807) is 0 Å². The summed E-state index contributed by atoms with van der Waals surface area (Å²) in [4.78, 5) is 25.0. The Balaban J connectivity index is 1.22. The van der Waals surface area contributed by atoms with Crippen LogP contribution in [0.2, 0.25) is 0 Å². The molecule has 0 unspecified atom stereocenters. The third kappa shape index (κ3) is 8.32. The van der Waals surface area contributed by atoms with Crippen molar-refractivity contribution in [3.05, 3.63) is 253 Å². The highest BCUT2D eigenvalue weighted by atomic mass is 15.0. The quantitative estimate of drug-likeness (QED) is 0.133. The van der Waals surface area contributed by atoms with Gasteiger partial charge in [0.25, 0.3) is 0 Å². The highest BCUT2D eigenvalue weighted by molar-refractivity contribution is 6.13. The Morgan fingerprint density at radius 3 is 1.25 bits per heavy atom. The maximum Gasteiger partial charge on any atom is 0.187 e. The van der Waals surface area contributed by atoms with Crippen molar-refractivity contribution in [2.24, 2.45) is 0 Å². The molecule has 12 rings (SSSR count). The van der Waals surface area contributed by atoms with Gasteiger partial charge < -0.3 is 4.57 Å². The molecule has 0 radical (unpaired) electrons. The topological polar surface area (TPSA) is 108 Å². The third-order valence-electron chi connectivity index (χ3n) is 13.1. The minimum Gasteiger partial charge on any atom is -0.308 e. The molecule has 12 aromatic rings. The van der Waals surface area contributed by atoms with E-state index >= 15 is 0 Å². The van der Waals surface area contributed by atoms with E-state index in [9.17, 15) is 10.5 Å². The molecule has 0 saturated carbocycles. The predicted octanol–water partition coefficient (Wildman–Crippen LogP) is 16.0. The number of fused-ring (bicyclic) bond motifs is 3. The Morgan fingerprint density at radius 2 is 0.767 bits per heavy atom. The zero-order chi connectivity index (χ0) is 49.3. The summed E-state index contributed by atoms with van der Waals surface area (Å²) in [6.45, 7) is 7.59. The van der Waals surface area contributed by atoms with Gasteiger partial charge in [0, 0.05) is 44.2 Å². The lowest BCUT2D eigenvalue weighted by atomic mass is 9.97. The molecule has 0 aliphatic heterocycles. The van der Waals surface area contributed by atoms with Crippen LogP contribution in [-0.4, -0.2) is 24.5 Å². The summed E-state index contributed by atoms with van der Waals surface area (Å²) in [7, 11) is 0. The smallest absolute Gasteiger partial charge is 0.187 e. The highest BCUT2D eigenvalue weighted by Crippen LogP contribution is 2.44. The van der Waals surface area contributed by atoms with Crippen molar-refractivity contribution in [1.29, 1.82) is 10.5 Å². The molecule has 0 bridgehead atoms. The van der Waals surface area contributed by atoms with Gasteiger partial charge in [0.1, 0.15) is 0 Å².